The van der Waals surface area contributed by atoms with Gasteiger partial charge in [0.15, 0.2) is 6.10 Å². The number of methoxy groups -OCH3 is 1. The van der Waals surface area contributed by atoms with E-state index in [1.165, 1.54) is 33.2 Å². The third kappa shape index (κ3) is 4.55. The van der Waals surface area contributed by atoms with Crippen LogP contribution in [0.4, 0.5) is 0 Å². The van der Waals surface area contributed by atoms with Crippen LogP contribution in [0.5, 0.6) is 0 Å². The van der Waals surface area contributed by atoms with Crippen LogP contribution in [-0.4, -0.2) is 51.4 Å². The summed E-state index contributed by atoms with van der Waals surface area (Å²) in [5, 5.41) is -0.0714. The highest BCUT2D eigenvalue weighted by Crippen LogP contribution is 2.24. The first-order chi connectivity index (χ1) is 13.9. The molecule has 0 bridgehead atoms. The summed E-state index contributed by atoms with van der Waals surface area (Å²) in [5.41, 5.74) is 1.08. The van der Waals surface area contributed by atoms with Gasteiger partial charge in [0.2, 0.25) is 15.8 Å². The highest BCUT2D eigenvalue weighted by atomic mass is 35.5. The predicted octanol–water partition coefficient (Wildman–Crippen LogP) is 2.41. The Hall–Kier alpha value is -2.69. The van der Waals surface area contributed by atoms with Gasteiger partial charge in [0.05, 0.1) is 29.0 Å². The number of esters is 2. The van der Waals surface area contributed by atoms with E-state index in [2.05, 4.69) is 9.71 Å². The van der Waals surface area contributed by atoms with Crippen LogP contribution >= 0.6 is 11.6 Å². The van der Waals surface area contributed by atoms with E-state index in [0.717, 1.165) is 6.07 Å². The molecule has 2 rings (SSSR count). The van der Waals surface area contributed by atoms with E-state index < -0.39 is 33.8 Å². The van der Waals surface area contributed by atoms with Crippen molar-refractivity contribution in [1.82, 2.24) is 9.71 Å². The molecule has 0 radical (unpaired) electrons. The van der Waals surface area contributed by atoms with Gasteiger partial charge in [-0.3, -0.25) is 4.79 Å². The van der Waals surface area contributed by atoms with Crippen molar-refractivity contribution in [2.75, 3.05) is 14.2 Å². The number of ketones is 1. The van der Waals surface area contributed by atoms with Crippen LogP contribution in [0.2, 0.25) is 5.02 Å². The molecule has 0 saturated carbocycles. The number of sulfonamides is 1. The minimum Gasteiger partial charge on any atom is -0.465 e. The van der Waals surface area contributed by atoms with Crippen LogP contribution in [0.3, 0.4) is 0 Å². The summed E-state index contributed by atoms with van der Waals surface area (Å²) in [7, 11) is -1.46. The van der Waals surface area contributed by atoms with Gasteiger partial charge in [-0.05, 0) is 51.6 Å². The highest BCUT2D eigenvalue weighted by molar-refractivity contribution is 7.89. The Labute approximate surface area is 178 Å². The highest BCUT2D eigenvalue weighted by Gasteiger charge is 2.28. The number of aromatic amines is 1. The Kier molecular flexibility index (Phi) is 7.06. The lowest BCUT2D eigenvalue weighted by Crippen LogP contribution is -2.26. The Balaban J connectivity index is 2.28. The molecule has 1 aromatic heterocycles. The lowest BCUT2D eigenvalue weighted by molar-refractivity contribution is 0.0316. The molecule has 0 spiro atoms. The maximum atomic E-state index is 12.7. The molecule has 0 fully saturated rings. The fourth-order valence-electron chi connectivity index (χ4n) is 2.84. The van der Waals surface area contributed by atoms with Crippen LogP contribution in [0.25, 0.3) is 0 Å². The molecule has 1 atom stereocenters. The second-order valence-corrected chi connectivity index (χ2v) is 8.64. The number of Topliss-reactive ketones (excluding diaryl/α,β-unsaturated/α-hetero) is 1. The second kappa shape index (κ2) is 8.99. The number of nitrogens with one attached hydrogen (secondary N) is 2. The van der Waals surface area contributed by atoms with Gasteiger partial charge in [0.1, 0.15) is 4.90 Å². The lowest BCUT2D eigenvalue weighted by atomic mass is 10.1. The Bertz CT molecular complexity index is 1120. The lowest BCUT2D eigenvalue weighted by Gasteiger charge is -2.13. The van der Waals surface area contributed by atoms with Gasteiger partial charge in [-0.15, -0.1) is 0 Å². The molecule has 0 aliphatic rings. The first-order valence-electron chi connectivity index (χ1n) is 8.70. The fraction of sp³-hybridized carbons (Fsp3) is 0.316. The molecule has 2 N–H and O–H groups in total. The molecule has 9 nitrogen and oxygen atoms in total. The summed E-state index contributed by atoms with van der Waals surface area (Å²) in [6.45, 7) is 4.56. The van der Waals surface area contributed by atoms with Gasteiger partial charge in [-0.1, -0.05) is 11.6 Å². The van der Waals surface area contributed by atoms with E-state index in [9.17, 15) is 22.8 Å². The summed E-state index contributed by atoms with van der Waals surface area (Å²) in [6.07, 6.45) is -1.21. The van der Waals surface area contributed by atoms with E-state index >= 15 is 0 Å². The van der Waals surface area contributed by atoms with Crippen molar-refractivity contribution >= 4 is 39.3 Å². The van der Waals surface area contributed by atoms with E-state index in [4.69, 9.17) is 21.1 Å². The molecule has 1 aromatic carbocycles. The van der Waals surface area contributed by atoms with Crippen LogP contribution in [0.1, 0.15) is 49.4 Å². The summed E-state index contributed by atoms with van der Waals surface area (Å²) in [5.74, 6) is -2.06. The minimum atomic E-state index is -3.90. The van der Waals surface area contributed by atoms with Crippen molar-refractivity contribution in [3.63, 3.8) is 0 Å². The molecule has 1 heterocycles. The van der Waals surface area contributed by atoms with E-state index in [0.29, 0.717) is 11.3 Å². The van der Waals surface area contributed by atoms with Crippen molar-refractivity contribution in [1.29, 1.82) is 0 Å². The van der Waals surface area contributed by atoms with Gasteiger partial charge in [0.25, 0.3) is 0 Å². The second-order valence-electron chi connectivity index (χ2n) is 6.38. The van der Waals surface area contributed by atoms with E-state index in [-0.39, 0.29) is 26.7 Å². The molecule has 11 heteroatoms. The molecule has 0 saturated heterocycles. The van der Waals surface area contributed by atoms with Gasteiger partial charge in [0, 0.05) is 5.69 Å². The van der Waals surface area contributed by atoms with Crippen molar-refractivity contribution in [3.05, 3.63) is 51.3 Å². The first-order valence-corrected chi connectivity index (χ1v) is 10.6. The van der Waals surface area contributed by atoms with Crippen molar-refractivity contribution in [3.8, 4) is 0 Å². The third-order valence-electron chi connectivity index (χ3n) is 4.45. The number of benzene rings is 1. The smallest absolute Gasteiger partial charge is 0.339 e. The average molecular weight is 457 g/mol. The molecule has 0 aliphatic heterocycles. The number of carbonyl (C=O) groups is 3. The van der Waals surface area contributed by atoms with E-state index in [1.807, 2.05) is 0 Å². The Morgan fingerprint density at radius 1 is 1.17 bits per heavy atom. The monoisotopic (exact) mass is 456 g/mol. The number of H-pyrrole nitrogens is 1. The topological polar surface area (TPSA) is 132 Å². The minimum absolute atomic E-state index is 0.0714. The number of hydrogen-bond acceptors (Lipinski definition) is 7. The first kappa shape index (κ1) is 23.6. The number of halogens is 1. The maximum Gasteiger partial charge on any atom is 0.339 e. The fourth-order valence-corrected chi connectivity index (χ4v) is 4.09. The molecule has 0 aliphatic carbocycles. The van der Waals surface area contributed by atoms with Crippen molar-refractivity contribution in [2.24, 2.45) is 0 Å². The van der Waals surface area contributed by atoms with Crippen LogP contribution in [0, 0.1) is 13.8 Å². The number of ether oxygens (including phenoxy) is 2. The standard InChI is InChI=1S/C19H21ClN2O7S/c1-9-15(19(25)28-5)10(2)22-16(9)17(23)11(3)29-18(24)12-6-7-13(20)14(8-12)30(26,27)21-4/h6-8,11,21-22H,1-5H3. The molecule has 2 aromatic rings. The van der Waals surface area contributed by atoms with Crippen LogP contribution in [-0.2, 0) is 19.5 Å². The number of carbonyl (C=O) groups excluding carboxylic acids is 3. The summed E-state index contributed by atoms with van der Waals surface area (Å²) in [6, 6.07) is 3.60. The molecule has 0 amide bonds. The summed E-state index contributed by atoms with van der Waals surface area (Å²) in [4.78, 5) is 39.6. The van der Waals surface area contributed by atoms with Gasteiger partial charge >= 0.3 is 11.9 Å². The largest absolute Gasteiger partial charge is 0.465 e. The SMILES string of the molecule is CNS(=O)(=O)c1cc(C(=O)OC(C)C(=O)c2[nH]c(C)c(C(=O)OC)c2C)ccc1Cl. The maximum absolute atomic E-state index is 12.7. The zero-order valence-electron chi connectivity index (χ0n) is 17.0. The van der Waals surface area contributed by atoms with Crippen LogP contribution < -0.4 is 4.72 Å². The van der Waals surface area contributed by atoms with Gasteiger partial charge in [-0.2, -0.15) is 0 Å². The Morgan fingerprint density at radius 3 is 2.37 bits per heavy atom. The molecule has 162 valence electrons. The van der Waals surface area contributed by atoms with Gasteiger partial charge < -0.3 is 14.5 Å². The molecule has 1 unspecified atom stereocenters. The van der Waals surface area contributed by atoms with Crippen molar-refractivity contribution in [2.45, 2.75) is 31.8 Å². The third-order valence-corrected chi connectivity index (χ3v) is 6.35. The molecule has 30 heavy (non-hydrogen) atoms. The zero-order valence-corrected chi connectivity index (χ0v) is 18.5. The molecular formula is C19H21ClN2O7S. The van der Waals surface area contributed by atoms with E-state index in [1.54, 1.807) is 13.8 Å². The Morgan fingerprint density at radius 2 is 1.80 bits per heavy atom. The van der Waals surface area contributed by atoms with Crippen molar-refractivity contribution < 1.29 is 32.3 Å². The van der Waals surface area contributed by atoms with Crippen LogP contribution in [0.15, 0.2) is 23.1 Å². The zero-order chi connectivity index (χ0) is 22.8. The van der Waals surface area contributed by atoms with Gasteiger partial charge in [-0.25, -0.2) is 22.7 Å². The summed E-state index contributed by atoms with van der Waals surface area (Å²) < 4.78 is 36.1. The number of hydrogen-bond donors (Lipinski definition) is 2. The normalized spacial score (nSPS) is 12.3. The number of aromatic nitrogens is 1. The summed E-state index contributed by atoms with van der Waals surface area (Å²) >= 11 is 5.91. The predicted molar refractivity (Wildman–Crippen MR) is 109 cm³/mol. The number of rotatable bonds is 7. The quantitative estimate of drug-likeness (QED) is 0.483. The number of aryl methyl sites for hydroxylation is 1. The average Bonchev–Trinajstić information content (AvgIpc) is 3.00. The molecular weight excluding hydrogens is 436 g/mol.